The number of piperazine rings is 2. The average Bonchev–Trinajstić information content (AvgIpc) is 2.56. The highest BCUT2D eigenvalue weighted by Crippen LogP contribution is 2.01. The van der Waals surface area contributed by atoms with Gasteiger partial charge in [-0.05, 0) is 26.9 Å². The molecule has 6 heteroatoms. The van der Waals surface area contributed by atoms with Crippen LogP contribution in [0.3, 0.4) is 0 Å². The normalized spacial score (nSPS) is 22.7. The van der Waals surface area contributed by atoms with Gasteiger partial charge >= 0.3 is 0 Å². The van der Waals surface area contributed by atoms with Crippen LogP contribution in [0.2, 0.25) is 0 Å². The van der Waals surface area contributed by atoms with Crippen molar-refractivity contribution in [3.8, 4) is 0 Å². The van der Waals surface area contributed by atoms with Crippen molar-refractivity contribution in [3.05, 3.63) is 0 Å². The Morgan fingerprint density at radius 3 is 1.39 bits per heavy atom. The molecular formula is C17H36N4O2. The lowest BCUT2D eigenvalue weighted by Gasteiger charge is -2.32. The second-order valence-corrected chi connectivity index (χ2v) is 6.93. The van der Waals surface area contributed by atoms with E-state index >= 15 is 0 Å². The third kappa shape index (κ3) is 8.42. The molecule has 0 unspecified atom stereocenters. The van der Waals surface area contributed by atoms with Crippen molar-refractivity contribution in [2.24, 2.45) is 0 Å². The molecule has 2 saturated heterocycles. The maximum Gasteiger partial charge on any atom is 0.146 e. The van der Waals surface area contributed by atoms with E-state index in [9.17, 15) is 0 Å². The summed E-state index contributed by atoms with van der Waals surface area (Å²) in [4.78, 5) is 9.84. The number of hydrogen-bond donors (Lipinski definition) is 0. The molecule has 2 aliphatic rings. The molecule has 2 aliphatic heterocycles. The first-order valence-electron chi connectivity index (χ1n) is 9.21. The van der Waals surface area contributed by atoms with Crippen LogP contribution in [0, 0.1) is 0 Å². The van der Waals surface area contributed by atoms with Gasteiger partial charge in [-0.15, -0.1) is 0 Å². The third-order valence-corrected chi connectivity index (χ3v) is 4.88. The number of ether oxygens (including phenoxy) is 2. The molecule has 0 aliphatic carbocycles. The number of rotatable bonds is 10. The van der Waals surface area contributed by atoms with E-state index in [-0.39, 0.29) is 0 Å². The largest absolute Gasteiger partial charge is 0.355 e. The Kier molecular flexibility index (Phi) is 9.41. The summed E-state index contributed by atoms with van der Waals surface area (Å²) in [6, 6.07) is 0. The zero-order valence-corrected chi connectivity index (χ0v) is 15.2. The van der Waals surface area contributed by atoms with E-state index in [0.717, 1.165) is 39.1 Å². The molecule has 2 heterocycles. The summed E-state index contributed by atoms with van der Waals surface area (Å²) in [7, 11) is 4.39. The standard InChI is InChI=1S/C17H36N4O2/c1-18-7-11-20(12-8-18)5-3-15-22-17-23-16-4-6-21-13-9-19(2)10-14-21/h3-17H2,1-2H3. The lowest BCUT2D eigenvalue weighted by Crippen LogP contribution is -2.44. The molecule has 23 heavy (non-hydrogen) atoms. The average molecular weight is 329 g/mol. The van der Waals surface area contributed by atoms with Crippen molar-refractivity contribution in [2.75, 3.05) is 99.5 Å². The van der Waals surface area contributed by atoms with Crippen LogP contribution < -0.4 is 0 Å². The summed E-state index contributed by atoms with van der Waals surface area (Å²) in [5, 5.41) is 0. The topological polar surface area (TPSA) is 31.4 Å². The molecule has 0 aromatic heterocycles. The van der Waals surface area contributed by atoms with Gasteiger partial charge in [0, 0.05) is 65.4 Å². The first kappa shape index (κ1) is 19.1. The summed E-state index contributed by atoms with van der Waals surface area (Å²) in [5.74, 6) is 0. The summed E-state index contributed by atoms with van der Waals surface area (Å²) in [6.07, 6.45) is 2.21. The predicted molar refractivity (Wildman–Crippen MR) is 93.9 cm³/mol. The van der Waals surface area contributed by atoms with Gasteiger partial charge in [0.05, 0.1) is 13.2 Å². The fourth-order valence-electron chi connectivity index (χ4n) is 3.10. The predicted octanol–water partition coefficient (Wildman–Crippen LogP) is 0.252. The minimum atomic E-state index is 0.450. The Bertz CT molecular complexity index is 262. The highest BCUT2D eigenvalue weighted by atomic mass is 16.7. The van der Waals surface area contributed by atoms with Crippen molar-refractivity contribution in [3.63, 3.8) is 0 Å². The highest BCUT2D eigenvalue weighted by molar-refractivity contribution is 4.69. The minimum absolute atomic E-state index is 0.450. The molecular weight excluding hydrogens is 292 g/mol. The zero-order chi connectivity index (χ0) is 16.3. The van der Waals surface area contributed by atoms with E-state index in [1.165, 1.54) is 52.4 Å². The molecule has 136 valence electrons. The van der Waals surface area contributed by atoms with Gasteiger partial charge in [-0.25, -0.2) is 0 Å². The van der Waals surface area contributed by atoms with Crippen LogP contribution in [0.25, 0.3) is 0 Å². The molecule has 0 N–H and O–H groups in total. The van der Waals surface area contributed by atoms with E-state index < -0.39 is 0 Å². The summed E-state index contributed by atoms with van der Waals surface area (Å²) in [5.41, 5.74) is 0. The van der Waals surface area contributed by atoms with E-state index in [2.05, 4.69) is 33.7 Å². The summed E-state index contributed by atoms with van der Waals surface area (Å²) < 4.78 is 11.1. The van der Waals surface area contributed by atoms with Gasteiger partial charge in [-0.3, -0.25) is 0 Å². The van der Waals surface area contributed by atoms with Gasteiger partial charge in [0.2, 0.25) is 0 Å². The van der Waals surface area contributed by atoms with Crippen molar-refractivity contribution < 1.29 is 9.47 Å². The smallest absolute Gasteiger partial charge is 0.146 e. The maximum atomic E-state index is 5.57. The van der Waals surface area contributed by atoms with E-state index in [1.807, 2.05) is 0 Å². The van der Waals surface area contributed by atoms with Crippen molar-refractivity contribution >= 4 is 0 Å². The first-order valence-corrected chi connectivity index (χ1v) is 9.21. The SMILES string of the molecule is CN1CCN(CCCOCOCCCN2CCN(C)CC2)CC1. The number of hydrogen-bond acceptors (Lipinski definition) is 6. The molecule has 0 aromatic rings. The van der Waals surface area contributed by atoms with E-state index in [0.29, 0.717) is 6.79 Å². The van der Waals surface area contributed by atoms with Crippen molar-refractivity contribution in [1.29, 1.82) is 0 Å². The lowest BCUT2D eigenvalue weighted by molar-refractivity contribution is -0.0580. The van der Waals surface area contributed by atoms with Gasteiger partial charge in [-0.1, -0.05) is 0 Å². The maximum absolute atomic E-state index is 5.57. The van der Waals surface area contributed by atoms with Crippen LogP contribution in [0.4, 0.5) is 0 Å². The van der Waals surface area contributed by atoms with E-state index in [1.54, 1.807) is 0 Å². The molecule has 0 spiro atoms. The Morgan fingerprint density at radius 2 is 1.00 bits per heavy atom. The van der Waals surface area contributed by atoms with Gasteiger partial charge < -0.3 is 29.1 Å². The Labute approximate surface area is 142 Å². The van der Waals surface area contributed by atoms with Crippen LogP contribution >= 0.6 is 0 Å². The Balaban J connectivity index is 1.32. The van der Waals surface area contributed by atoms with Gasteiger partial charge in [0.1, 0.15) is 6.79 Å². The van der Waals surface area contributed by atoms with Gasteiger partial charge in [0.15, 0.2) is 0 Å². The van der Waals surface area contributed by atoms with Crippen molar-refractivity contribution in [1.82, 2.24) is 19.6 Å². The second kappa shape index (κ2) is 11.3. The molecule has 0 aromatic carbocycles. The Hall–Kier alpha value is -0.240. The molecule has 6 nitrogen and oxygen atoms in total. The quantitative estimate of drug-likeness (QED) is 0.422. The van der Waals surface area contributed by atoms with Crippen LogP contribution in [0.5, 0.6) is 0 Å². The fourth-order valence-corrected chi connectivity index (χ4v) is 3.10. The monoisotopic (exact) mass is 328 g/mol. The summed E-state index contributed by atoms with van der Waals surface area (Å²) in [6.45, 7) is 13.9. The second-order valence-electron chi connectivity index (χ2n) is 6.93. The third-order valence-electron chi connectivity index (χ3n) is 4.88. The molecule has 0 bridgehead atoms. The van der Waals surface area contributed by atoms with Crippen LogP contribution in [-0.2, 0) is 9.47 Å². The highest BCUT2D eigenvalue weighted by Gasteiger charge is 2.13. The van der Waals surface area contributed by atoms with Crippen LogP contribution in [-0.4, -0.2) is 119 Å². The van der Waals surface area contributed by atoms with Gasteiger partial charge in [-0.2, -0.15) is 0 Å². The molecule has 0 atom stereocenters. The molecule has 0 radical (unpaired) electrons. The summed E-state index contributed by atoms with van der Waals surface area (Å²) >= 11 is 0. The number of nitrogens with zero attached hydrogens (tertiary/aromatic N) is 4. The van der Waals surface area contributed by atoms with Crippen LogP contribution in [0.1, 0.15) is 12.8 Å². The number of likely N-dealkylation sites (N-methyl/N-ethyl adjacent to an activating group) is 2. The van der Waals surface area contributed by atoms with Gasteiger partial charge in [0.25, 0.3) is 0 Å². The van der Waals surface area contributed by atoms with E-state index in [4.69, 9.17) is 9.47 Å². The lowest BCUT2D eigenvalue weighted by atomic mass is 10.3. The van der Waals surface area contributed by atoms with Crippen LogP contribution in [0.15, 0.2) is 0 Å². The molecule has 2 fully saturated rings. The zero-order valence-electron chi connectivity index (χ0n) is 15.2. The molecule has 0 saturated carbocycles. The molecule has 0 amide bonds. The molecule has 2 rings (SSSR count). The minimum Gasteiger partial charge on any atom is -0.355 e. The first-order chi connectivity index (χ1) is 11.2. The van der Waals surface area contributed by atoms with Crippen molar-refractivity contribution in [2.45, 2.75) is 12.8 Å². The Morgan fingerprint density at radius 1 is 0.609 bits per heavy atom. The fraction of sp³-hybridized carbons (Fsp3) is 1.00.